The highest BCUT2D eigenvalue weighted by Gasteiger charge is 2.15. The molecule has 0 bridgehead atoms. The molecular formula is C19H23NO2. The molecule has 116 valence electrons. The Morgan fingerprint density at radius 1 is 1.05 bits per heavy atom. The van der Waals surface area contributed by atoms with E-state index < -0.39 is 0 Å². The Bertz CT molecular complexity index is 608. The highest BCUT2D eigenvalue weighted by molar-refractivity contribution is 5.78. The molecule has 0 aliphatic rings. The number of hydrogen-bond acceptors (Lipinski definition) is 2. The third kappa shape index (κ3) is 4.62. The van der Waals surface area contributed by atoms with Crippen molar-refractivity contribution in [3.05, 3.63) is 65.7 Å². The van der Waals surface area contributed by atoms with E-state index in [1.165, 1.54) is 0 Å². The van der Waals surface area contributed by atoms with E-state index in [0.717, 1.165) is 23.3 Å². The minimum atomic E-state index is -0.0284. The van der Waals surface area contributed by atoms with Gasteiger partial charge in [-0.3, -0.25) is 4.79 Å². The van der Waals surface area contributed by atoms with Gasteiger partial charge < -0.3 is 9.64 Å². The number of benzene rings is 2. The molecule has 22 heavy (non-hydrogen) atoms. The molecule has 1 unspecified atom stereocenters. The van der Waals surface area contributed by atoms with E-state index in [9.17, 15) is 4.79 Å². The zero-order valence-electron chi connectivity index (χ0n) is 13.5. The van der Waals surface area contributed by atoms with Gasteiger partial charge in [-0.05, 0) is 29.7 Å². The van der Waals surface area contributed by atoms with Gasteiger partial charge in [-0.25, -0.2) is 0 Å². The van der Waals surface area contributed by atoms with Crippen LogP contribution >= 0.6 is 0 Å². The Kier molecular flexibility index (Phi) is 5.59. The first-order valence-corrected chi connectivity index (χ1v) is 7.53. The zero-order chi connectivity index (χ0) is 15.9. The fourth-order valence-corrected chi connectivity index (χ4v) is 2.38. The summed E-state index contributed by atoms with van der Waals surface area (Å²) in [5.41, 5.74) is 2.26. The summed E-state index contributed by atoms with van der Waals surface area (Å²) in [6, 6.07) is 18.1. The molecule has 0 aliphatic carbocycles. The van der Waals surface area contributed by atoms with Gasteiger partial charge in [0.25, 0.3) is 0 Å². The number of ether oxygens (including phenoxy) is 1. The van der Waals surface area contributed by atoms with Gasteiger partial charge in [0.15, 0.2) is 0 Å². The van der Waals surface area contributed by atoms with E-state index in [-0.39, 0.29) is 11.8 Å². The summed E-state index contributed by atoms with van der Waals surface area (Å²) < 4.78 is 5.83. The molecule has 3 nitrogen and oxygen atoms in total. The van der Waals surface area contributed by atoms with Crippen LogP contribution in [0.1, 0.15) is 18.1 Å². The van der Waals surface area contributed by atoms with Crippen molar-refractivity contribution < 1.29 is 9.53 Å². The van der Waals surface area contributed by atoms with Crippen LogP contribution in [-0.4, -0.2) is 24.9 Å². The smallest absolute Gasteiger partial charge is 0.225 e. The van der Waals surface area contributed by atoms with Crippen molar-refractivity contribution in [2.24, 2.45) is 5.92 Å². The van der Waals surface area contributed by atoms with Gasteiger partial charge in [-0.15, -0.1) is 0 Å². The monoisotopic (exact) mass is 297 g/mol. The van der Waals surface area contributed by atoms with Crippen molar-refractivity contribution in [2.75, 3.05) is 14.1 Å². The molecule has 0 saturated heterocycles. The molecule has 0 heterocycles. The summed E-state index contributed by atoms with van der Waals surface area (Å²) in [6.07, 6.45) is 0.722. The van der Waals surface area contributed by atoms with Crippen LogP contribution in [0.4, 0.5) is 0 Å². The lowest BCUT2D eigenvalue weighted by Gasteiger charge is -2.17. The quantitative estimate of drug-likeness (QED) is 0.816. The van der Waals surface area contributed by atoms with Gasteiger partial charge in [0, 0.05) is 20.0 Å². The fourth-order valence-electron chi connectivity index (χ4n) is 2.38. The molecule has 0 aromatic heterocycles. The maximum Gasteiger partial charge on any atom is 0.225 e. The van der Waals surface area contributed by atoms with Gasteiger partial charge in [0.1, 0.15) is 12.4 Å². The number of carbonyl (C=O) groups is 1. The van der Waals surface area contributed by atoms with Gasteiger partial charge in [-0.1, -0.05) is 49.4 Å². The Morgan fingerprint density at radius 2 is 1.73 bits per heavy atom. The number of amides is 1. The molecule has 1 atom stereocenters. The zero-order valence-corrected chi connectivity index (χ0v) is 13.5. The predicted octanol–water partition coefficient (Wildman–Crippen LogP) is 3.53. The van der Waals surface area contributed by atoms with Gasteiger partial charge >= 0.3 is 0 Å². The average Bonchev–Trinajstić information content (AvgIpc) is 2.53. The standard InChI is InChI=1S/C19H23NO2/c1-15(19(21)20(2)3)12-17-10-7-11-18(13-17)22-14-16-8-5-4-6-9-16/h4-11,13,15H,12,14H2,1-3H3. The van der Waals surface area contributed by atoms with Crippen molar-refractivity contribution in [3.63, 3.8) is 0 Å². The van der Waals surface area contributed by atoms with E-state index in [0.29, 0.717) is 6.61 Å². The molecule has 3 heteroatoms. The number of rotatable bonds is 6. The van der Waals surface area contributed by atoms with Gasteiger partial charge in [-0.2, -0.15) is 0 Å². The van der Waals surface area contributed by atoms with E-state index >= 15 is 0 Å². The highest BCUT2D eigenvalue weighted by atomic mass is 16.5. The second-order valence-corrected chi connectivity index (χ2v) is 5.76. The lowest BCUT2D eigenvalue weighted by Crippen LogP contribution is -2.29. The van der Waals surface area contributed by atoms with Crippen molar-refractivity contribution in [2.45, 2.75) is 20.0 Å². The molecule has 2 rings (SSSR count). The van der Waals surface area contributed by atoms with E-state index in [1.807, 2.05) is 61.5 Å². The molecule has 0 saturated carbocycles. The average molecular weight is 297 g/mol. The second kappa shape index (κ2) is 7.64. The van der Waals surface area contributed by atoms with Crippen LogP contribution in [0.15, 0.2) is 54.6 Å². The van der Waals surface area contributed by atoms with Crippen LogP contribution in [0.5, 0.6) is 5.75 Å². The van der Waals surface area contributed by atoms with Crippen LogP contribution in [0.25, 0.3) is 0 Å². The van der Waals surface area contributed by atoms with E-state index in [1.54, 1.807) is 19.0 Å². The summed E-state index contributed by atoms with van der Waals surface area (Å²) >= 11 is 0. The molecule has 0 spiro atoms. The Hall–Kier alpha value is -2.29. The van der Waals surface area contributed by atoms with Crippen molar-refractivity contribution >= 4 is 5.91 Å². The first-order valence-electron chi connectivity index (χ1n) is 7.53. The van der Waals surface area contributed by atoms with Crippen molar-refractivity contribution in [3.8, 4) is 5.75 Å². The summed E-state index contributed by atoms with van der Waals surface area (Å²) in [5.74, 6) is 0.959. The van der Waals surface area contributed by atoms with Gasteiger partial charge in [0.2, 0.25) is 5.91 Å². The molecule has 0 fully saturated rings. The maximum atomic E-state index is 11.9. The third-order valence-electron chi connectivity index (χ3n) is 3.55. The molecule has 0 radical (unpaired) electrons. The summed E-state index contributed by atoms with van der Waals surface area (Å²) in [6.45, 7) is 2.51. The molecule has 2 aromatic carbocycles. The topological polar surface area (TPSA) is 29.5 Å². The van der Waals surface area contributed by atoms with E-state index in [4.69, 9.17) is 4.74 Å². The second-order valence-electron chi connectivity index (χ2n) is 5.76. The first-order chi connectivity index (χ1) is 10.6. The van der Waals surface area contributed by atoms with Crippen molar-refractivity contribution in [1.29, 1.82) is 0 Å². The highest BCUT2D eigenvalue weighted by Crippen LogP contribution is 2.18. The van der Waals surface area contributed by atoms with Crippen LogP contribution in [-0.2, 0) is 17.8 Å². The van der Waals surface area contributed by atoms with Crippen LogP contribution in [0.2, 0.25) is 0 Å². The summed E-state index contributed by atoms with van der Waals surface area (Å²) in [7, 11) is 3.58. The number of hydrogen-bond donors (Lipinski definition) is 0. The first kappa shape index (κ1) is 16.1. The minimum absolute atomic E-state index is 0.0284. The Labute approximate surface area is 132 Å². The van der Waals surface area contributed by atoms with Crippen molar-refractivity contribution in [1.82, 2.24) is 4.90 Å². The van der Waals surface area contributed by atoms with Crippen LogP contribution in [0.3, 0.4) is 0 Å². The Balaban J connectivity index is 1.96. The normalized spacial score (nSPS) is 11.8. The maximum absolute atomic E-state index is 11.9. The Morgan fingerprint density at radius 3 is 2.41 bits per heavy atom. The number of nitrogens with zero attached hydrogens (tertiary/aromatic N) is 1. The lowest BCUT2D eigenvalue weighted by molar-refractivity contribution is -0.132. The fraction of sp³-hybridized carbons (Fsp3) is 0.316. The molecule has 2 aromatic rings. The summed E-state index contributed by atoms with van der Waals surface area (Å²) in [4.78, 5) is 13.6. The third-order valence-corrected chi connectivity index (χ3v) is 3.55. The molecular weight excluding hydrogens is 274 g/mol. The van der Waals surface area contributed by atoms with Gasteiger partial charge in [0.05, 0.1) is 0 Å². The molecule has 0 N–H and O–H groups in total. The lowest BCUT2D eigenvalue weighted by atomic mass is 10.00. The largest absolute Gasteiger partial charge is 0.489 e. The van der Waals surface area contributed by atoms with Crippen LogP contribution in [0, 0.1) is 5.92 Å². The number of carbonyl (C=O) groups excluding carboxylic acids is 1. The summed E-state index contributed by atoms with van der Waals surface area (Å²) in [5, 5.41) is 0. The predicted molar refractivity (Wildman–Crippen MR) is 88.8 cm³/mol. The molecule has 1 amide bonds. The SMILES string of the molecule is CC(Cc1cccc(OCc2ccccc2)c1)C(=O)N(C)C. The van der Waals surface area contributed by atoms with Crippen LogP contribution < -0.4 is 4.74 Å². The molecule has 0 aliphatic heterocycles. The minimum Gasteiger partial charge on any atom is -0.489 e. The van der Waals surface area contributed by atoms with E-state index in [2.05, 4.69) is 0 Å².